The van der Waals surface area contributed by atoms with Gasteiger partial charge in [-0.2, -0.15) is 0 Å². The third-order valence-corrected chi connectivity index (χ3v) is 4.57. The molecule has 0 radical (unpaired) electrons. The number of para-hydroxylation sites is 2. The van der Waals surface area contributed by atoms with Crippen LogP contribution in [-0.4, -0.2) is 23.0 Å². The fourth-order valence-electron chi connectivity index (χ4n) is 2.25. The standard InChI is InChI=1S/C19H17N3O2S/c1-24-17-7-3-2-6-16(17)22-18(23)15-5-4-10-21-19(15)25-13-14-8-11-20-12-9-14/h2-12H,13H2,1H3,(H,22,23). The van der Waals surface area contributed by atoms with E-state index in [0.29, 0.717) is 27.8 Å². The van der Waals surface area contributed by atoms with Crippen LogP contribution in [0.1, 0.15) is 15.9 Å². The van der Waals surface area contributed by atoms with Crippen LogP contribution in [0.3, 0.4) is 0 Å². The van der Waals surface area contributed by atoms with Crippen molar-refractivity contribution in [1.29, 1.82) is 0 Å². The molecule has 25 heavy (non-hydrogen) atoms. The van der Waals surface area contributed by atoms with Crippen molar-refractivity contribution in [1.82, 2.24) is 9.97 Å². The molecule has 5 nitrogen and oxygen atoms in total. The molecule has 0 atom stereocenters. The van der Waals surface area contributed by atoms with Gasteiger partial charge >= 0.3 is 0 Å². The Morgan fingerprint density at radius 2 is 1.88 bits per heavy atom. The molecule has 0 unspecified atom stereocenters. The number of methoxy groups -OCH3 is 1. The van der Waals surface area contributed by atoms with Gasteiger partial charge in [0.25, 0.3) is 5.91 Å². The van der Waals surface area contributed by atoms with Gasteiger partial charge in [0.15, 0.2) is 0 Å². The summed E-state index contributed by atoms with van der Waals surface area (Å²) in [5.41, 5.74) is 2.29. The lowest BCUT2D eigenvalue weighted by molar-refractivity contribution is 0.102. The first-order chi connectivity index (χ1) is 12.3. The number of hydrogen-bond donors (Lipinski definition) is 1. The second-order valence-corrected chi connectivity index (χ2v) is 6.12. The number of ether oxygens (including phenoxy) is 1. The van der Waals surface area contributed by atoms with Gasteiger partial charge in [0, 0.05) is 24.3 Å². The Morgan fingerprint density at radius 3 is 2.68 bits per heavy atom. The van der Waals surface area contributed by atoms with Crippen molar-refractivity contribution < 1.29 is 9.53 Å². The fraction of sp³-hybridized carbons (Fsp3) is 0.105. The second-order valence-electron chi connectivity index (χ2n) is 5.15. The molecule has 0 saturated heterocycles. The minimum absolute atomic E-state index is 0.213. The van der Waals surface area contributed by atoms with Crippen molar-refractivity contribution in [3.8, 4) is 5.75 Å². The van der Waals surface area contributed by atoms with Crippen molar-refractivity contribution >= 4 is 23.4 Å². The number of carbonyl (C=O) groups is 1. The van der Waals surface area contributed by atoms with Crippen LogP contribution in [0.5, 0.6) is 5.75 Å². The molecular formula is C19H17N3O2S. The number of nitrogens with zero attached hydrogens (tertiary/aromatic N) is 2. The first kappa shape index (κ1) is 17.0. The van der Waals surface area contributed by atoms with Gasteiger partial charge in [0.1, 0.15) is 10.8 Å². The van der Waals surface area contributed by atoms with Crippen LogP contribution < -0.4 is 10.1 Å². The summed E-state index contributed by atoms with van der Waals surface area (Å²) in [6, 6.07) is 14.7. The zero-order valence-corrected chi connectivity index (χ0v) is 14.5. The van der Waals surface area contributed by atoms with Crippen LogP contribution in [-0.2, 0) is 5.75 Å². The molecule has 0 aliphatic heterocycles. The van der Waals surface area contributed by atoms with E-state index < -0.39 is 0 Å². The van der Waals surface area contributed by atoms with Crippen molar-refractivity contribution in [2.45, 2.75) is 10.8 Å². The molecule has 0 aliphatic rings. The third-order valence-electron chi connectivity index (χ3n) is 3.50. The molecular weight excluding hydrogens is 334 g/mol. The van der Waals surface area contributed by atoms with E-state index >= 15 is 0 Å². The molecule has 2 heterocycles. The summed E-state index contributed by atoms with van der Waals surface area (Å²) < 4.78 is 5.28. The Balaban J connectivity index is 1.76. The highest BCUT2D eigenvalue weighted by Gasteiger charge is 2.14. The van der Waals surface area contributed by atoms with Crippen molar-refractivity contribution in [3.05, 3.63) is 78.2 Å². The lowest BCUT2D eigenvalue weighted by atomic mass is 10.2. The van der Waals surface area contributed by atoms with Crippen molar-refractivity contribution in [2.24, 2.45) is 0 Å². The smallest absolute Gasteiger partial charge is 0.258 e. The predicted molar refractivity (Wildman–Crippen MR) is 99.0 cm³/mol. The summed E-state index contributed by atoms with van der Waals surface area (Å²) in [4.78, 5) is 21.0. The van der Waals surface area contributed by atoms with Gasteiger partial charge in [-0.15, -0.1) is 11.8 Å². The lowest BCUT2D eigenvalue weighted by Crippen LogP contribution is -2.14. The number of anilines is 1. The fourth-order valence-corrected chi connectivity index (χ4v) is 3.19. The van der Waals surface area contributed by atoms with Crippen LogP contribution in [0.15, 0.2) is 72.1 Å². The maximum absolute atomic E-state index is 12.7. The highest BCUT2D eigenvalue weighted by Crippen LogP contribution is 2.27. The molecule has 126 valence electrons. The molecule has 6 heteroatoms. The Morgan fingerprint density at radius 1 is 1.08 bits per heavy atom. The summed E-state index contributed by atoms with van der Waals surface area (Å²) in [6.07, 6.45) is 5.20. The SMILES string of the molecule is COc1ccccc1NC(=O)c1cccnc1SCc1ccncc1. The molecule has 0 spiro atoms. The van der Waals surface area contributed by atoms with E-state index in [4.69, 9.17) is 4.74 Å². The van der Waals surface area contributed by atoms with Gasteiger partial charge < -0.3 is 10.1 Å². The average molecular weight is 351 g/mol. The lowest BCUT2D eigenvalue weighted by Gasteiger charge is -2.11. The Bertz CT molecular complexity index is 856. The summed E-state index contributed by atoms with van der Waals surface area (Å²) in [5, 5.41) is 3.58. The molecule has 0 fully saturated rings. The average Bonchev–Trinajstić information content (AvgIpc) is 2.68. The number of rotatable bonds is 6. The van der Waals surface area contributed by atoms with Gasteiger partial charge in [-0.05, 0) is 42.0 Å². The van der Waals surface area contributed by atoms with Crippen LogP contribution in [0.25, 0.3) is 0 Å². The van der Waals surface area contributed by atoms with E-state index in [1.54, 1.807) is 50.0 Å². The number of carbonyl (C=O) groups excluding carboxylic acids is 1. The highest BCUT2D eigenvalue weighted by atomic mass is 32.2. The van der Waals surface area contributed by atoms with Gasteiger partial charge in [0.2, 0.25) is 0 Å². The second kappa shape index (κ2) is 8.30. The number of pyridine rings is 2. The topological polar surface area (TPSA) is 64.1 Å². The largest absolute Gasteiger partial charge is 0.495 e. The first-order valence-corrected chi connectivity index (χ1v) is 8.67. The van der Waals surface area contributed by atoms with E-state index in [9.17, 15) is 4.79 Å². The molecule has 0 bridgehead atoms. The normalized spacial score (nSPS) is 10.3. The number of hydrogen-bond acceptors (Lipinski definition) is 5. The Kier molecular flexibility index (Phi) is 5.64. The number of amides is 1. The van der Waals surface area contributed by atoms with E-state index in [1.165, 1.54) is 11.8 Å². The maximum atomic E-state index is 12.7. The van der Waals surface area contributed by atoms with E-state index in [2.05, 4.69) is 15.3 Å². The Labute approximate surface area is 150 Å². The minimum atomic E-state index is -0.213. The monoisotopic (exact) mass is 351 g/mol. The van der Waals surface area contributed by atoms with Crippen LogP contribution in [0, 0.1) is 0 Å². The van der Waals surface area contributed by atoms with E-state index in [1.807, 2.05) is 24.3 Å². The predicted octanol–water partition coefficient (Wildman–Crippen LogP) is 4.03. The summed E-state index contributed by atoms with van der Waals surface area (Å²) >= 11 is 1.52. The van der Waals surface area contributed by atoms with Gasteiger partial charge in [0.05, 0.1) is 18.4 Å². The molecule has 0 aliphatic carbocycles. The summed E-state index contributed by atoms with van der Waals surface area (Å²) in [6.45, 7) is 0. The molecule has 1 aromatic carbocycles. The highest BCUT2D eigenvalue weighted by molar-refractivity contribution is 7.98. The Hall–Kier alpha value is -2.86. The van der Waals surface area contributed by atoms with Crippen molar-refractivity contribution in [2.75, 3.05) is 12.4 Å². The quantitative estimate of drug-likeness (QED) is 0.679. The number of benzene rings is 1. The summed E-state index contributed by atoms with van der Waals surface area (Å²) in [7, 11) is 1.57. The zero-order chi connectivity index (χ0) is 17.5. The van der Waals surface area contributed by atoms with Crippen LogP contribution in [0.2, 0.25) is 0 Å². The zero-order valence-electron chi connectivity index (χ0n) is 13.7. The van der Waals surface area contributed by atoms with Crippen LogP contribution in [0.4, 0.5) is 5.69 Å². The molecule has 3 rings (SSSR count). The van der Waals surface area contributed by atoms with Crippen LogP contribution >= 0.6 is 11.8 Å². The first-order valence-electron chi connectivity index (χ1n) is 7.69. The van der Waals surface area contributed by atoms with E-state index in [-0.39, 0.29) is 5.91 Å². The maximum Gasteiger partial charge on any atom is 0.258 e. The number of nitrogens with one attached hydrogen (secondary N) is 1. The van der Waals surface area contributed by atoms with Gasteiger partial charge in [-0.1, -0.05) is 12.1 Å². The number of aromatic nitrogens is 2. The molecule has 3 aromatic rings. The molecule has 0 saturated carbocycles. The molecule has 2 aromatic heterocycles. The van der Waals surface area contributed by atoms with Gasteiger partial charge in [-0.25, -0.2) is 4.98 Å². The molecule has 1 amide bonds. The number of thioether (sulfide) groups is 1. The van der Waals surface area contributed by atoms with Crippen molar-refractivity contribution in [3.63, 3.8) is 0 Å². The third kappa shape index (κ3) is 4.36. The van der Waals surface area contributed by atoms with E-state index in [0.717, 1.165) is 5.56 Å². The minimum Gasteiger partial charge on any atom is -0.495 e. The molecule has 1 N–H and O–H groups in total. The summed E-state index contributed by atoms with van der Waals surface area (Å²) in [5.74, 6) is 1.12. The van der Waals surface area contributed by atoms with Gasteiger partial charge in [-0.3, -0.25) is 9.78 Å².